The Labute approximate surface area is 259 Å². The van der Waals surface area contributed by atoms with Crippen LogP contribution in [0.3, 0.4) is 0 Å². The molecular formula is C34H30ClN3O6. The molecule has 0 unspecified atom stereocenters. The number of pyridine rings is 2. The number of fused-ring (bicyclic) bond motifs is 1. The second-order valence-electron chi connectivity index (χ2n) is 9.79. The van der Waals surface area contributed by atoms with Gasteiger partial charge in [0.1, 0.15) is 22.8 Å². The summed E-state index contributed by atoms with van der Waals surface area (Å²) in [6.07, 6.45) is 1.99. The Hall–Kier alpha value is -5.15. The zero-order valence-electron chi connectivity index (χ0n) is 24.0. The Morgan fingerprint density at radius 2 is 1.70 bits per heavy atom. The lowest BCUT2D eigenvalue weighted by atomic mass is 10.00. The minimum absolute atomic E-state index is 0.0740. The van der Waals surface area contributed by atoms with Gasteiger partial charge in [-0.1, -0.05) is 54.9 Å². The van der Waals surface area contributed by atoms with Gasteiger partial charge in [0, 0.05) is 35.1 Å². The maximum Gasteiger partial charge on any atom is 0.417 e. The number of rotatable bonds is 11. The molecule has 44 heavy (non-hydrogen) atoms. The van der Waals surface area contributed by atoms with Crippen molar-refractivity contribution >= 4 is 40.4 Å². The fourth-order valence-electron chi connectivity index (χ4n) is 4.70. The van der Waals surface area contributed by atoms with Crippen LogP contribution in [0.15, 0.2) is 102 Å². The van der Waals surface area contributed by atoms with Crippen LogP contribution in [0.4, 0.5) is 10.5 Å². The number of aryl methyl sites for hydroxylation is 1. The average Bonchev–Trinajstić information content (AvgIpc) is 3.03. The molecule has 10 heteroatoms. The first-order chi connectivity index (χ1) is 21.4. The lowest BCUT2D eigenvalue weighted by Gasteiger charge is -2.18. The highest BCUT2D eigenvalue weighted by Gasteiger charge is 2.22. The molecule has 0 atom stereocenters. The lowest BCUT2D eigenvalue weighted by Crippen LogP contribution is -2.29. The molecular weight excluding hydrogens is 582 g/mol. The van der Waals surface area contributed by atoms with Gasteiger partial charge in [-0.25, -0.2) is 14.6 Å². The molecule has 0 spiro atoms. The van der Waals surface area contributed by atoms with E-state index in [2.05, 4.69) is 10.3 Å². The SMILES string of the molecule is CCCn1c(=O)c(NC(=O)Oc2ccccc2)c(-c2cccc(OCCCOC(=O)c3cccc(Cl)c3)c2)c2cccnc21. The molecule has 0 bridgehead atoms. The number of hydrogen-bond donors (Lipinski definition) is 1. The normalized spacial score (nSPS) is 10.8. The van der Waals surface area contributed by atoms with Gasteiger partial charge in [-0.3, -0.25) is 14.7 Å². The Morgan fingerprint density at radius 1 is 0.909 bits per heavy atom. The van der Waals surface area contributed by atoms with Crippen molar-refractivity contribution in [3.8, 4) is 22.6 Å². The van der Waals surface area contributed by atoms with Crippen LogP contribution in [0.5, 0.6) is 11.5 Å². The summed E-state index contributed by atoms with van der Waals surface area (Å²) in [6, 6.07) is 26.0. The molecule has 1 N–H and O–H groups in total. The molecule has 9 nitrogen and oxygen atoms in total. The van der Waals surface area contributed by atoms with Gasteiger partial charge in [-0.05, 0) is 66.6 Å². The molecule has 3 aromatic carbocycles. The third kappa shape index (κ3) is 7.25. The third-order valence-corrected chi connectivity index (χ3v) is 6.86. The monoisotopic (exact) mass is 611 g/mol. The minimum atomic E-state index is -0.791. The van der Waals surface area contributed by atoms with E-state index in [4.69, 9.17) is 25.8 Å². The molecule has 1 amide bonds. The predicted molar refractivity (Wildman–Crippen MR) is 170 cm³/mol. The average molecular weight is 612 g/mol. The number of carbonyl (C=O) groups is 2. The molecule has 0 saturated heterocycles. The topological polar surface area (TPSA) is 109 Å². The van der Waals surface area contributed by atoms with Crippen molar-refractivity contribution in [2.24, 2.45) is 0 Å². The van der Waals surface area contributed by atoms with Gasteiger partial charge >= 0.3 is 12.1 Å². The van der Waals surface area contributed by atoms with Gasteiger partial charge in [0.2, 0.25) is 0 Å². The van der Waals surface area contributed by atoms with Gasteiger partial charge < -0.3 is 14.2 Å². The largest absolute Gasteiger partial charge is 0.493 e. The molecule has 0 aliphatic rings. The standard InChI is InChI=1S/C34H30ClN3O6/c1-2-18-38-31-28(16-8-17-36-31)29(30(32(38)39)37-34(41)44-26-13-4-3-5-14-26)23-10-7-15-27(22-23)42-19-9-20-43-33(40)24-11-6-12-25(35)21-24/h3-8,10-17,21-22H,2,9,18-20H2,1H3,(H,37,41). The number of amides is 1. The number of benzene rings is 3. The first-order valence-electron chi connectivity index (χ1n) is 14.2. The fraction of sp³-hybridized carbons (Fsp3) is 0.176. The Morgan fingerprint density at radius 3 is 2.50 bits per heavy atom. The van der Waals surface area contributed by atoms with E-state index >= 15 is 0 Å². The van der Waals surface area contributed by atoms with Crippen LogP contribution in [-0.4, -0.2) is 34.8 Å². The van der Waals surface area contributed by atoms with Gasteiger partial charge in [-0.15, -0.1) is 0 Å². The highest BCUT2D eigenvalue weighted by atomic mass is 35.5. The van der Waals surface area contributed by atoms with E-state index in [9.17, 15) is 14.4 Å². The van der Waals surface area contributed by atoms with Gasteiger partial charge in [-0.2, -0.15) is 0 Å². The number of esters is 1. The number of para-hydroxylation sites is 1. The predicted octanol–water partition coefficient (Wildman–Crippen LogP) is 7.36. The van der Waals surface area contributed by atoms with Crippen molar-refractivity contribution in [2.45, 2.75) is 26.3 Å². The van der Waals surface area contributed by atoms with Crippen LogP contribution >= 0.6 is 11.6 Å². The Kier molecular flexibility index (Phi) is 9.89. The summed E-state index contributed by atoms with van der Waals surface area (Å²) in [5.41, 5.74) is 1.70. The summed E-state index contributed by atoms with van der Waals surface area (Å²) < 4.78 is 18.3. The Bertz CT molecular complexity index is 1840. The molecule has 0 fully saturated rings. The highest BCUT2D eigenvalue weighted by molar-refractivity contribution is 6.30. The van der Waals surface area contributed by atoms with Crippen LogP contribution in [0, 0.1) is 0 Å². The van der Waals surface area contributed by atoms with Gasteiger partial charge in [0.25, 0.3) is 5.56 Å². The number of nitrogens with zero attached hydrogens (tertiary/aromatic N) is 2. The summed E-state index contributed by atoms with van der Waals surface area (Å²) in [7, 11) is 0. The number of ether oxygens (including phenoxy) is 3. The van der Waals surface area contributed by atoms with Crippen LogP contribution < -0.4 is 20.3 Å². The van der Waals surface area contributed by atoms with Crippen LogP contribution in [0.1, 0.15) is 30.1 Å². The molecule has 0 aliphatic carbocycles. The number of nitrogens with one attached hydrogen (secondary N) is 1. The van der Waals surface area contributed by atoms with E-state index in [-0.39, 0.29) is 18.9 Å². The van der Waals surface area contributed by atoms with Crippen molar-refractivity contribution in [1.82, 2.24) is 9.55 Å². The first-order valence-corrected chi connectivity index (χ1v) is 14.5. The van der Waals surface area contributed by atoms with Crippen molar-refractivity contribution in [2.75, 3.05) is 18.5 Å². The second-order valence-corrected chi connectivity index (χ2v) is 10.2. The number of anilines is 1. The number of carbonyl (C=O) groups excluding carboxylic acids is 2. The van der Waals surface area contributed by atoms with Crippen LogP contribution in [-0.2, 0) is 11.3 Å². The molecule has 0 radical (unpaired) electrons. The second kappa shape index (κ2) is 14.3. The molecule has 0 saturated carbocycles. The summed E-state index contributed by atoms with van der Waals surface area (Å²) in [6.45, 7) is 2.82. The Balaban J connectivity index is 1.38. The number of hydrogen-bond acceptors (Lipinski definition) is 7. The summed E-state index contributed by atoms with van der Waals surface area (Å²) in [5.74, 6) is 0.423. The van der Waals surface area contributed by atoms with Crippen molar-refractivity contribution in [3.05, 3.63) is 118 Å². The van der Waals surface area contributed by atoms with Crippen molar-refractivity contribution in [1.29, 1.82) is 0 Å². The first kappa shape index (κ1) is 30.3. The van der Waals surface area contributed by atoms with E-state index in [1.807, 2.05) is 25.1 Å². The molecule has 224 valence electrons. The quantitative estimate of drug-likeness (QED) is 0.123. The van der Waals surface area contributed by atoms with E-state index in [0.29, 0.717) is 63.6 Å². The van der Waals surface area contributed by atoms with E-state index < -0.39 is 17.6 Å². The molecule has 2 heterocycles. The van der Waals surface area contributed by atoms with Crippen LogP contribution in [0.2, 0.25) is 5.02 Å². The smallest absolute Gasteiger partial charge is 0.417 e. The van der Waals surface area contributed by atoms with Crippen molar-refractivity contribution < 1.29 is 23.8 Å². The van der Waals surface area contributed by atoms with E-state index in [1.54, 1.807) is 83.6 Å². The highest BCUT2D eigenvalue weighted by Crippen LogP contribution is 2.35. The zero-order valence-corrected chi connectivity index (χ0v) is 24.8. The van der Waals surface area contributed by atoms with Gasteiger partial charge in [0.15, 0.2) is 0 Å². The minimum Gasteiger partial charge on any atom is -0.493 e. The van der Waals surface area contributed by atoms with Crippen molar-refractivity contribution in [3.63, 3.8) is 0 Å². The fourth-order valence-corrected chi connectivity index (χ4v) is 4.89. The zero-order chi connectivity index (χ0) is 30.9. The lowest BCUT2D eigenvalue weighted by molar-refractivity contribution is 0.0486. The molecule has 2 aromatic heterocycles. The summed E-state index contributed by atoms with van der Waals surface area (Å²) >= 11 is 5.95. The number of aromatic nitrogens is 2. The van der Waals surface area contributed by atoms with Gasteiger partial charge in [0.05, 0.1) is 18.8 Å². The van der Waals surface area contributed by atoms with E-state index in [0.717, 1.165) is 0 Å². The number of halogens is 1. The molecule has 5 rings (SSSR count). The van der Waals surface area contributed by atoms with Crippen LogP contribution in [0.25, 0.3) is 22.2 Å². The molecule has 5 aromatic rings. The summed E-state index contributed by atoms with van der Waals surface area (Å²) in [5, 5.41) is 3.84. The van der Waals surface area contributed by atoms with E-state index in [1.165, 1.54) is 0 Å². The third-order valence-electron chi connectivity index (χ3n) is 6.62. The molecule has 0 aliphatic heterocycles. The summed E-state index contributed by atoms with van der Waals surface area (Å²) in [4.78, 5) is 43.6. The maximum atomic E-state index is 13.8. The maximum absolute atomic E-state index is 13.8.